The zero-order chi connectivity index (χ0) is 13.8. The summed E-state index contributed by atoms with van der Waals surface area (Å²) in [7, 11) is 0. The van der Waals surface area contributed by atoms with Crippen molar-refractivity contribution in [2.75, 3.05) is 6.61 Å². The number of ether oxygens (including phenoxy) is 2. The van der Waals surface area contributed by atoms with Crippen LogP contribution in [0.4, 0.5) is 0 Å². The zero-order valence-electron chi connectivity index (χ0n) is 11.7. The van der Waals surface area contributed by atoms with Crippen LogP contribution in [0.3, 0.4) is 0 Å². The summed E-state index contributed by atoms with van der Waals surface area (Å²) in [5, 5.41) is 0. The van der Waals surface area contributed by atoms with E-state index in [0.717, 1.165) is 25.7 Å². The topological polar surface area (TPSA) is 52.6 Å². The predicted molar refractivity (Wildman–Crippen MR) is 69.7 cm³/mol. The molecule has 0 aromatic heterocycles. The first-order valence-corrected chi connectivity index (χ1v) is 6.86. The van der Waals surface area contributed by atoms with Crippen LogP contribution in [0, 0.1) is 5.92 Å². The van der Waals surface area contributed by atoms with Crippen LogP contribution in [-0.4, -0.2) is 25.2 Å². The Morgan fingerprint density at radius 1 is 1.17 bits per heavy atom. The molecule has 0 bridgehead atoms. The molecule has 0 aliphatic carbocycles. The molecule has 0 amide bonds. The fourth-order valence-electron chi connectivity index (χ4n) is 1.79. The van der Waals surface area contributed by atoms with Crippen molar-refractivity contribution in [1.82, 2.24) is 0 Å². The molecule has 0 N–H and O–H groups in total. The van der Waals surface area contributed by atoms with Crippen molar-refractivity contribution in [3.63, 3.8) is 0 Å². The number of hydrogen-bond donors (Lipinski definition) is 0. The zero-order valence-corrected chi connectivity index (χ0v) is 11.7. The molecule has 18 heavy (non-hydrogen) atoms. The third-order valence-corrected chi connectivity index (χ3v) is 3.08. The normalized spacial score (nSPS) is 13.7. The van der Waals surface area contributed by atoms with Crippen LogP contribution in [0.5, 0.6) is 0 Å². The lowest BCUT2D eigenvalue weighted by molar-refractivity contribution is -0.150. The first-order chi connectivity index (χ1) is 8.67. The molecule has 0 aromatic carbocycles. The summed E-state index contributed by atoms with van der Waals surface area (Å²) < 4.78 is 9.98. The molecule has 0 heterocycles. The summed E-state index contributed by atoms with van der Waals surface area (Å²) in [4.78, 5) is 21.6. The lowest BCUT2D eigenvalue weighted by Gasteiger charge is -2.17. The molecule has 105 valence electrons. The molecule has 1 radical (unpaired) electrons. The van der Waals surface area contributed by atoms with Gasteiger partial charge in [-0.05, 0) is 25.2 Å². The van der Waals surface area contributed by atoms with Crippen LogP contribution >= 0.6 is 0 Å². The van der Waals surface area contributed by atoms with Crippen LogP contribution in [0.25, 0.3) is 0 Å². The Labute approximate surface area is 110 Å². The molecule has 4 heteroatoms. The molecular weight excluding hydrogens is 232 g/mol. The first kappa shape index (κ1) is 16.9. The van der Waals surface area contributed by atoms with Gasteiger partial charge in [-0.2, -0.15) is 0 Å². The summed E-state index contributed by atoms with van der Waals surface area (Å²) in [6.45, 7) is 7.86. The SMILES string of the molecule is CCCC(CC)OC(=O)CCC(CC)CO[C]=O. The van der Waals surface area contributed by atoms with Gasteiger partial charge >= 0.3 is 12.4 Å². The average Bonchev–Trinajstić information content (AvgIpc) is 2.38. The minimum Gasteiger partial charge on any atom is -0.462 e. The number of rotatable bonds is 11. The van der Waals surface area contributed by atoms with Gasteiger partial charge < -0.3 is 9.47 Å². The lowest BCUT2D eigenvalue weighted by atomic mass is 10.0. The molecule has 0 fully saturated rings. The van der Waals surface area contributed by atoms with Crippen LogP contribution in [-0.2, 0) is 19.1 Å². The van der Waals surface area contributed by atoms with Gasteiger partial charge in [0.25, 0.3) is 0 Å². The fraction of sp³-hybridized carbons (Fsp3) is 0.857. The van der Waals surface area contributed by atoms with E-state index in [1.807, 2.05) is 13.8 Å². The summed E-state index contributed by atoms with van der Waals surface area (Å²) in [5.41, 5.74) is 0. The Kier molecular flexibility index (Phi) is 10.4. The van der Waals surface area contributed by atoms with E-state index in [2.05, 4.69) is 11.7 Å². The number of esters is 1. The quantitative estimate of drug-likeness (QED) is 0.534. The van der Waals surface area contributed by atoms with Crippen molar-refractivity contribution in [2.45, 2.75) is 65.4 Å². The van der Waals surface area contributed by atoms with E-state index in [9.17, 15) is 9.59 Å². The van der Waals surface area contributed by atoms with Crippen molar-refractivity contribution >= 4 is 12.4 Å². The maximum Gasteiger partial charge on any atom is 0.417 e. The molecular formula is C14H25O4. The molecule has 0 spiro atoms. The van der Waals surface area contributed by atoms with Crippen LogP contribution < -0.4 is 0 Å². The Morgan fingerprint density at radius 2 is 1.89 bits per heavy atom. The Bertz CT molecular complexity index is 228. The first-order valence-electron chi connectivity index (χ1n) is 6.86. The van der Waals surface area contributed by atoms with Crippen LogP contribution in [0.2, 0.25) is 0 Å². The second-order valence-electron chi connectivity index (χ2n) is 4.52. The van der Waals surface area contributed by atoms with E-state index in [-0.39, 0.29) is 18.0 Å². The second kappa shape index (κ2) is 11.1. The number of carbonyl (C=O) groups is 1. The maximum absolute atomic E-state index is 11.6. The highest BCUT2D eigenvalue weighted by Crippen LogP contribution is 2.14. The summed E-state index contributed by atoms with van der Waals surface area (Å²) in [5.74, 6) is 0.0640. The lowest BCUT2D eigenvalue weighted by Crippen LogP contribution is -2.18. The molecule has 0 saturated heterocycles. The minimum absolute atomic E-state index is 0.0436. The van der Waals surface area contributed by atoms with E-state index in [1.165, 1.54) is 6.47 Å². The Hall–Kier alpha value is -1.06. The number of hydrogen-bond acceptors (Lipinski definition) is 4. The maximum atomic E-state index is 11.6. The third kappa shape index (κ3) is 8.09. The summed E-state index contributed by atoms with van der Waals surface area (Å²) in [6.07, 6.45) is 4.80. The average molecular weight is 257 g/mol. The van der Waals surface area contributed by atoms with Gasteiger partial charge in [-0.25, -0.2) is 4.79 Å². The smallest absolute Gasteiger partial charge is 0.417 e. The van der Waals surface area contributed by atoms with Gasteiger partial charge in [0.05, 0.1) is 6.61 Å². The highest BCUT2D eigenvalue weighted by Gasteiger charge is 2.14. The van der Waals surface area contributed by atoms with Crippen LogP contribution in [0.1, 0.15) is 59.3 Å². The largest absolute Gasteiger partial charge is 0.462 e. The molecule has 0 aliphatic heterocycles. The van der Waals surface area contributed by atoms with E-state index < -0.39 is 0 Å². The van der Waals surface area contributed by atoms with Crippen molar-refractivity contribution in [3.05, 3.63) is 0 Å². The van der Waals surface area contributed by atoms with Gasteiger partial charge in [-0.15, -0.1) is 0 Å². The third-order valence-electron chi connectivity index (χ3n) is 3.08. The Balaban J connectivity index is 3.88. The predicted octanol–water partition coefficient (Wildman–Crippen LogP) is 3.00. The molecule has 2 atom stereocenters. The highest BCUT2D eigenvalue weighted by molar-refractivity contribution is 5.69. The molecule has 4 nitrogen and oxygen atoms in total. The van der Waals surface area contributed by atoms with Gasteiger partial charge in [0, 0.05) is 6.42 Å². The van der Waals surface area contributed by atoms with Crippen molar-refractivity contribution < 1.29 is 19.1 Å². The summed E-state index contributed by atoms with van der Waals surface area (Å²) in [6, 6.07) is 0. The standard InChI is InChI=1S/C14H25O4/c1-4-7-13(6-3)18-14(16)9-8-12(5-2)10-17-11-15/h12-13H,4-10H2,1-3H3. The molecule has 0 aliphatic rings. The van der Waals surface area contributed by atoms with Gasteiger partial charge in [-0.3, -0.25) is 4.79 Å². The van der Waals surface area contributed by atoms with E-state index in [1.54, 1.807) is 0 Å². The van der Waals surface area contributed by atoms with Crippen molar-refractivity contribution in [1.29, 1.82) is 0 Å². The van der Waals surface area contributed by atoms with E-state index in [0.29, 0.717) is 19.4 Å². The molecule has 0 rings (SSSR count). The minimum atomic E-state index is -0.149. The van der Waals surface area contributed by atoms with E-state index >= 15 is 0 Å². The highest BCUT2D eigenvalue weighted by atomic mass is 16.5. The van der Waals surface area contributed by atoms with Gasteiger partial charge in [0.1, 0.15) is 6.10 Å². The van der Waals surface area contributed by atoms with E-state index in [4.69, 9.17) is 4.74 Å². The van der Waals surface area contributed by atoms with Gasteiger partial charge in [-0.1, -0.05) is 33.6 Å². The van der Waals surface area contributed by atoms with Crippen LogP contribution in [0.15, 0.2) is 0 Å². The van der Waals surface area contributed by atoms with Gasteiger partial charge in [0.2, 0.25) is 0 Å². The number of carbonyl (C=O) groups excluding carboxylic acids is 2. The van der Waals surface area contributed by atoms with Gasteiger partial charge in [0.15, 0.2) is 0 Å². The van der Waals surface area contributed by atoms with Crippen molar-refractivity contribution in [3.8, 4) is 0 Å². The Morgan fingerprint density at radius 3 is 2.39 bits per heavy atom. The molecule has 0 aromatic rings. The molecule has 2 unspecified atom stereocenters. The fourth-order valence-corrected chi connectivity index (χ4v) is 1.79. The summed E-state index contributed by atoms with van der Waals surface area (Å²) >= 11 is 0. The van der Waals surface area contributed by atoms with Crippen molar-refractivity contribution in [2.24, 2.45) is 5.92 Å². The molecule has 0 saturated carbocycles. The second-order valence-corrected chi connectivity index (χ2v) is 4.52. The monoisotopic (exact) mass is 257 g/mol.